The van der Waals surface area contributed by atoms with E-state index in [1.54, 1.807) is 30.3 Å². The molecule has 0 radical (unpaired) electrons. The van der Waals surface area contributed by atoms with Gasteiger partial charge in [0.1, 0.15) is 5.82 Å². The highest BCUT2D eigenvalue weighted by Gasteiger charge is 2.24. The largest absolute Gasteiger partial charge is 0.325 e. The van der Waals surface area contributed by atoms with E-state index < -0.39 is 11.1 Å². The smallest absolute Gasteiger partial charge is 0.266 e. The molecule has 174 valence electrons. The number of thioether (sulfide) groups is 1. The minimum Gasteiger partial charge on any atom is -0.325 e. The summed E-state index contributed by atoms with van der Waals surface area (Å²) in [5.41, 5.74) is 2.63. The van der Waals surface area contributed by atoms with E-state index in [-0.39, 0.29) is 11.5 Å². The van der Waals surface area contributed by atoms with E-state index in [1.807, 2.05) is 37.3 Å². The van der Waals surface area contributed by atoms with Crippen molar-refractivity contribution in [2.75, 3.05) is 5.32 Å². The summed E-state index contributed by atoms with van der Waals surface area (Å²) in [5, 5.41) is 3.40. The van der Waals surface area contributed by atoms with Crippen LogP contribution in [0.1, 0.15) is 31.7 Å². The molecule has 0 spiro atoms. The summed E-state index contributed by atoms with van der Waals surface area (Å²) in [5.74, 6) is -0.534. The molecule has 1 N–H and O–H groups in total. The lowest BCUT2D eigenvalue weighted by Gasteiger charge is -2.19. The maximum atomic E-state index is 13.6. The van der Waals surface area contributed by atoms with Crippen LogP contribution in [-0.2, 0) is 4.79 Å². The van der Waals surface area contributed by atoms with Crippen molar-refractivity contribution in [2.45, 2.75) is 43.5 Å². The molecule has 34 heavy (non-hydrogen) atoms. The number of hydrogen-bond acceptors (Lipinski definition) is 4. The molecule has 0 aliphatic rings. The Kier molecular flexibility index (Phi) is 7.43. The molecule has 0 saturated heterocycles. The van der Waals surface area contributed by atoms with Crippen molar-refractivity contribution < 1.29 is 9.18 Å². The van der Waals surface area contributed by atoms with Gasteiger partial charge in [-0.1, -0.05) is 61.4 Å². The van der Waals surface area contributed by atoms with Gasteiger partial charge in [-0.25, -0.2) is 9.37 Å². The van der Waals surface area contributed by atoms with Gasteiger partial charge in [-0.2, -0.15) is 0 Å². The van der Waals surface area contributed by atoms with Crippen LogP contribution in [0, 0.1) is 12.7 Å². The van der Waals surface area contributed by atoms with Crippen molar-refractivity contribution in [3.8, 4) is 5.69 Å². The predicted octanol–water partition coefficient (Wildman–Crippen LogP) is 6.12. The molecule has 4 rings (SSSR count). The third-order valence-corrected chi connectivity index (χ3v) is 6.73. The van der Waals surface area contributed by atoms with Gasteiger partial charge in [0.15, 0.2) is 5.16 Å². The molecule has 0 bridgehead atoms. The lowest BCUT2D eigenvalue weighted by Crippen LogP contribution is -2.28. The van der Waals surface area contributed by atoms with E-state index in [1.165, 1.54) is 28.5 Å². The number of aromatic nitrogens is 2. The second-order valence-electron chi connectivity index (χ2n) is 8.13. The van der Waals surface area contributed by atoms with Crippen molar-refractivity contribution in [3.63, 3.8) is 0 Å². The number of halogens is 1. The Morgan fingerprint density at radius 2 is 1.76 bits per heavy atom. The number of anilines is 1. The van der Waals surface area contributed by atoms with Crippen molar-refractivity contribution in [1.82, 2.24) is 9.55 Å². The number of rotatable bonds is 8. The highest BCUT2D eigenvalue weighted by atomic mass is 32.2. The topological polar surface area (TPSA) is 64.0 Å². The highest BCUT2D eigenvalue weighted by molar-refractivity contribution is 8.00. The number of aryl methyl sites for hydroxylation is 1. The number of carbonyl (C=O) groups excluding carboxylic acids is 1. The van der Waals surface area contributed by atoms with Crippen LogP contribution in [0.5, 0.6) is 0 Å². The summed E-state index contributed by atoms with van der Waals surface area (Å²) in [4.78, 5) is 31.4. The minimum absolute atomic E-state index is 0.143. The second kappa shape index (κ2) is 10.7. The average Bonchev–Trinajstić information content (AvgIpc) is 2.84. The van der Waals surface area contributed by atoms with Gasteiger partial charge in [0.25, 0.3) is 5.56 Å². The summed E-state index contributed by atoms with van der Waals surface area (Å²) in [6.07, 6.45) is 2.42. The van der Waals surface area contributed by atoms with Crippen LogP contribution < -0.4 is 10.9 Å². The Bertz CT molecular complexity index is 1350. The predicted molar refractivity (Wildman–Crippen MR) is 136 cm³/mol. The fraction of sp³-hybridized carbons (Fsp3) is 0.222. The van der Waals surface area contributed by atoms with E-state index in [2.05, 4.69) is 12.2 Å². The molecule has 1 aromatic heterocycles. The number of para-hydroxylation sites is 1. The van der Waals surface area contributed by atoms with Gasteiger partial charge >= 0.3 is 0 Å². The zero-order valence-corrected chi connectivity index (χ0v) is 19.9. The van der Waals surface area contributed by atoms with Gasteiger partial charge in [0, 0.05) is 5.69 Å². The summed E-state index contributed by atoms with van der Waals surface area (Å²) >= 11 is 1.26. The van der Waals surface area contributed by atoms with Crippen molar-refractivity contribution in [2.24, 2.45) is 0 Å². The fourth-order valence-corrected chi connectivity index (χ4v) is 4.78. The van der Waals surface area contributed by atoms with Gasteiger partial charge in [0.2, 0.25) is 5.91 Å². The van der Waals surface area contributed by atoms with Crippen LogP contribution >= 0.6 is 11.8 Å². The van der Waals surface area contributed by atoms with Crippen molar-refractivity contribution in [1.29, 1.82) is 0 Å². The molecule has 1 heterocycles. The lowest BCUT2D eigenvalue weighted by molar-refractivity contribution is -0.115. The molecule has 1 unspecified atom stereocenters. The highest BCUT2D eigenvalue weighted by Crippen LogP contribution is 2.29. The zero-order valence-electron chi connectivity index (χ0n) is 19.1. The summed E-state index contributed by atoms with van der Waals surface area (Å²) in [7, 11) is 0. The monoisotopic (exact) mass is 475 g/mol. The summed E-state index contributed by atoms with van der Waals surface area (Å²) in [6.45, 7) is 4.06. The van der Waals surface area contributed by atoms with E-state index in [0.717, 1.165) is 24.1 Å². The number of fused-ring (bicyclic) bond motifs is 1. The maximum absolute atomic E-state index is 13.6. The van der Waals surface area contributed by atoms with Crippen LogP contribution in [0.15, 0.2) is 82.7 Å². The van der Waals surface area contributed by atoms with Gasteiger partial charge in [-0.3, -0.25) is 14.2 Å². The lowest BCUT2D eigenvalue weighted by atomic mass is 10.2. The third-order valence-electron chi connectivity index (χ3n) is 5.51. The molecule has 3 aromatic carbocycles. The SMILES string of the molecule is CCCCC(Sc1nc2ccccc2c(=O)n1-c1ccc(F)cc1)C(=O)Nc1ccc(C)cc1. The van der Waals surface area contributed by atoms with E-state index in [4.69, 9.17) is 4.98 Å². The third kappa shape index (κ3) is 5.37. The van der Waals surface area contributed by atoms with Gasteiger partial charge in [0.05, 0.1) is 21.8 Å². The number of nitrogens with zero attached hydrogens (tertiary/aromatic N) is 2. The first kappa shape index (κ1) is 23.7. The zero-order chi connectivity index (χ0) is 24.1. The van der Waals surface area contributed by atoms with E-state index >= 15 is 0 Å². The quantitative estimate of drug-likeness (QED) is 0.246. The molecule has 1 amide bonds. The van der Waals surface area contributed by atoms with Crippen LogP contribution in [0.2, 0.25) is 0 Å². The van der Waals surface area contributed by atoms with Crippen molar-refractivity contribution >= 4 is 34.3 Å². The maximum Gasteiger partial charge on any atom is 0.266 e. The molecule has 0 saturated carbocycles. The normalized spacial score (nSPS) is 12.0. The fourth-order valence-electron chi connectivity index (χ4n) is 3.63. The van der Waals surface area contributed by atoms with Crippen LogP contribution in [0.3, 0.4) is 0 Å². The van der Waals surface area contributed by atoms with E-state index in [9.17, 15) is 14.0 Å². The van der Waals surface area contributed by atoms with Crippen LogP contribution in [-0.4, -0.2) is 20.7 Å². The minimum atomic E-state index is -0.457. The van der Waals surface area contributed by atoms with Gasteiger partial charge in [-0.05, 0) is 61.9 Å². The Hall–Kier alpha value is -3.45. The number of amides is 1. The van der Waals surface area contributed by atoms with Crippen molar-refractivity contribution in [3.05, 3.63) is 94.5 Å². The molecule has 0 fully saturated rings. The summed E-state index contributed by atoms with van der Waals surface area (Å²) < 4.78 is 15.0. The Morgan fingerprint density at radius 1 is 1.06 bits per heavy atom. The summed E-state index contributed by atoms with van der Waals surface area (Å²) in [6, 6.07) is 20.5. The molecule has 0 aliphatic heterocycles. The molecular weight excluding hydrogens is 449 g/mol. The Balaban J connectivity index is 1.75. The first-order chi connectivity index (χ1) is 16.5. The number of hydrogen-bond donors (Lipinski definition) is 1. The van der Waals surface area contributed by atoms with Crippen LogP contribution in [0.4, 0.5) is 10.1 Å². The molecule has 0 aliphatic carbocycles. The first-order valence-electron chi connectivity index (χ1n) is 11.3. The molecule has 4 aromatic rings. The van der Waals surface area contributed by atoms with Gasteiger partial charge in [-0.15, -0.1) is 0 Å². The number of unbranched alkanes of at least 4 members (excludes halogenated alkanes) is 1. The second-order valence-corrected chi connectivity index (χ2v) is 9.30. The Morgan fingerprint density at radius 3 is 2.47 bits per heavy atom. The Labute approximate surface area is 202 Å². The molecule has 7 heteroatoms. The average molecular weight is 476 g/mol. The number of benzene rings is 3. The van der Waals surface area contributed by atoms with Crippen LogP contribution in [0.25, 0.3) is 16.6 Å². The molecule has 5 nitrogen and oxygen atoms in total. The first-order valence-corrected chi connectivity index (χ1v) is 12.2. The van der Waals surface area contributed by atoms with Gasteiger partial charge < -0.3 is 5.32 Å². The molecular formula is C27H26FN3O2S. The standard InChI is InChI=1S/C27H26FN3O2S/c1-3-4-9-24(25(32)29-20-14-10-18(2)11-15-20)34-27-30-23-8-6-5-7-22(23)26(33)31(27)21-16-12-19(28)13-17-21/h5-8,10-17,24H,3-4,9H2,1-2H3,(H,29,32). The van der Waals surface area contributed by atoms with E-state index in [0.29, 0.717) is 28.2 Å². The molecule has 1 atom stereocenters. The number of nitrogens with one attached hydrogen (secondary N) is 1. The number of carbonyl (C=O) groups is 1.